The van der Waals surface area contributed by atoms with E-state index in [2.05, 4.69) is 37.6 Å². The van der Waals surface area contributed by atoms with Crippen molar-refractivity contribution < 1.29 is 0 Å². The predicted octanol–water partition coefficient (Wildman–Crippen LogP) is 1.26. The van der Waals surface area contributed by atoms with E-state index in [0.717, 1.165) is 0 Å². The molecule has 0 aliphatic carbocycles. The second-order valence-electron chi connectivity index (χ2n) is 1.38. The van der Waals surface area contributed by atoms with Crippen LogP contribution in [0.25, 0.3) is 0 Å². The molecule has 0 aromatic rings. The Labute approximate surface area is 68.1 Å². The number of halogens is 2. The summed E-state index contributed by atoms with van der Waals surface area (Å²) in [6.07, 6.45) is 0. The molecule has 0 bridgehead atoms. The van der Waals surface area contributed by atoms with Gasteiger partial charge in [0.15, 0.2) is 0 Å². The molecule has 0 amide bonds. The first-order valence-electron chi connectivity index (χ1n) is 1.86. The molecular weight excluding hydrogens is 311 g/mol. The van der Waals surface area contributed by atoms with E-state index < -0.39 is 19.6 Å². The van der Waals surface area contributed by atoms with Crippen LogP contribution >= 0.6 is 42.2 Å². The minimum atomic E-state index is -0.627. The zero-order chi connectivity index (χ0) is 5.86. The Hall–Kier alpha value is 1.59. The number of hydrogen-bond acceptors (Lipinski definition) is 0. The molecule has 0 N–H and O–H groups in total. The third-order valence-corrected chi connectivity index (χ3v) is 4.32. The van der Waals surface area contributed by atoms with Crippen molar-refractivity contribution in [3.05, 3.63) is 0 Å². The summed E-state index contributed by atoms with van der Waals surface area (Å²) in [5.41, 5.74) is 0. The Kier molecular flexibility index (Phi) is 5.48. The summed E-state index contributed by atoms with van der Waals surface area (Å²) in [5, 5.41) is 2.25. The van der Waals surface area contributed by atoms with Crippen LogP contribution in [-0.2, 0) is 0 Å². The molecule has 39 valence electrons. The average Bonchev–Trinajstić information content (AvgIpc) is 1.27. The number of rotatable bonds is 2. The van der Waals surface area contributed by atoms with Gasteiger partial charge in [0.1, 0.15) is 0 Å². The first kappa shape index (κ1) is 8.59. The van der Waals surface area contributed by atoms with Crippen LogP contribution < -0.4 is 0 Å². The molecule has 0 rings (SSSR count). The molecule has 0 nitrogen and oxygen atoms in total. The molecule has 0 fully saturated rings. The van der Waals surface area contributed by atoms with E-state index in [1.165, 1.54) is 0 Å². The van der Waals surface area contributed by atoms with Gasteiger partial charge in [-0.15, -0.1) is 0 Å². The maximum absolute atomic E-state index is 5.46. The third-order valence-electron chi connectivity index (χ3n) is 0.372. The molecule has 0 aromatic carbocycles. The van der Waals surface area contributed by atoms with Gasteiger partial charge in [-0.1, -0.05) is 0 Å². The van der Waals surface area contributed by atoms with Gasteiger partial charge in [0, 0.05) is 0 Å². The van der Waals surface area contributed by atoms with Gasteiger partial charge in [-0.05, 0) is 0 Å². The van der Waals surface area contributed by atoms with Gasteiger partial charge in [-0.25, -0.2) is 0 Å². The van der Waals surface area contributed by atoms with Gasteiger partial charge in [-0.2, -0.15) is 0 Å². The van der Waals surface area contributed by atoms with Crippen LogP contribution in [0.1, 0.15) is 0 Å². The SMILES string of the molecule is [B]C(I)[B]I(C)C. The van der Waals surface area contributed by atoms with Gasteiger partial charge in [0.25, 0.3) is 0 Å². The van der Waals surface area contributed by atoms with Crippen molar-refractivity contribution in [2.24, 2.45) is 0 Å². The molecule has 0 saturated carbocycles. The zero-order valence-electron chi connectivity index (χ0n) is 4.49. The van der Waals surface area contributed by atoms with E-state index in [1.807, 2.05) is 0 Å². The quantitative estimate of drug-likeness (QED) is 0.408. The second-order valence-corrected chi connectivity index (χ2v) is 8.19. The molecular formula is C3H7B2I2. The molecule has 1 atom stereocenters. The van der Waals surface area contributed by atoms with Crippen LogP contribution in [-0.4, -0.2) is 26.6 Å². The van der Waals surface area contributed by atoms with Crippen molar-refractivity contribution in [2.45, 2.75) is 3.72 Å². The normalized spacial score (nSPS) is 15.6. The van der Waals surface area contributed by atoms with Crippen LogP contribution in [0.4, 0.5) is 0 Å². The zero-order valence-corrected chi connectivity index (χ0v) is 8.80. The first-order valence-corrected chi connectivity index (χ1v) is 8.67. The summed E-state index contributed by atoms with van der Waals surface area (Å²) in [7, 11) is 5.46. The fourth-order valence-electron chi connectivity index (χ4n) is 0.241. The number of alkyl halides is 3. The van der Waals surface area contributed by atoms with Crippen molar-refractivity contribution in [3.63, 3.8) is 0 Å². The van der Waals surface area contributed by atoms with Crippen molar-refractivity contribution in [2.75, 3.05) is 9.86 Å². The molecule has 0 spiro atoms. The standard InChI is InChI=1S/C3H7B2I2/c1-7(2)5-3(4)6/h3H,1-2H3. The Balaban J connectivity index is 2.95. The van der Waals surface area contributed by atoms with Crippen molar-refractivity contribution in [1.29, 1.82) is 0 Å². The molecule has 0 aliphatic heterocycles. The Morgan fingerprint density at radius 3 is 2.14 bits per heavy atom. The van der Waals surface area contributed by atoms with Gasteiger partial charge < -0.3 is 0 Å². The fraction of sp³-hybridized carbons (Fsp3) is 1.00. The molecule has 1 unspecified atom stereocenters. The summed E-state index contributed by atoms with van der Waals surface area (Å²) in [6.45, 7) is 0. The van der Waals surface area contributed by atoms with Crippen LogP contribution in [0.15, 0.2) is 0 Å². The molecule has 4 heteroatoms. The Morgan fingerprint density at radius 1 is 1.71 bits per heavy atom. The van der Waals surface area contributed by atoms with Crippen LogP contribution in [0.5, 0.6) is 0 Å². The maximum atomic E-state index is 5.46. The first-order chi connectivity index (χ1) is 3.13. The monoisotopic (exact) mass is 319 g/mol. The predicted molar refractivity (Wildman–Crippen MR) is 55.2 cm³/mol. The Morgan fingerprint density at radius 2 is 2.14 bits per heavy atom. The van der Waals surface area contributed by atoms with Crippen molar-refractivity contribution in [3.8, 4) is 0 Å². The van der Waals surface area contributed by atoms with Gasteiger partial charge in [0.05, 0.1) is 0 Å². The topological polar surface area (TPSA) is 0 Å². The molecule has 7 heavy (non-hydrogen) atoms. The average molecular weight is 319 g/mol. The molecule has 0 aliphatic rings. The van der Waals surface area contributed by atoms with Crippen molar-refractivity contribution in [1.82, 2.24) is 0 Å². The van der Waals surface area contributed by atoms with E-state index >= 15 is 0 Å². The van der Waals surface area contributed by atoms with E-state index in [1.54, 1.807) is 0 Å². The third kappa shape index (κ3) is 7.59. The van der Waals surface area contributed by atoms with Crippen molar-refractivity contribution >= 4 is 55.2 Å². The van der Waals surface area contributed by atoms with Gasteiger partial charge >= 0.3 is 68.8 Å². The van der Waals surface area contributed by atoms with Gasteiger partial charge in [0.2, 0.25) is 0 Å². The molecule has 0 aromatic heterocycles. The number of hydrogen-bond donors (Lipinski definition) is 0. The molecule has 0 saturated heterocycles. The summed E-state index contributed by atoms with van der Waals surface area (Å²) in [6, 6.07) is 0. The molecule has 3 radical (unpaired) electrons. The summed E-state index contributed by atoms with van der Waals surface area (Å²) >= 11 is 1.59. The van der Waals surface area contributed by atoms with E-state index in [0.29, 0.717) is 0 Å². The second kappa shape index (κ2) is 4.47. The van der Waals surface area contributed by atoms with E-state index in [9.17, 15) is 0 Å². The fourth-order valence-corrected chi connectivity index (χ4v) is 5.26. The summed E-state index contributed by atoms with van der Waals surface area (Å²) < 4.78 is 0.290. The van der Waals surface area contributed by atoms with Crippen LogP contribution in [0.2, 0.25) is 0 Å². The molecule has 0 heterocycles. The minimum absolute atomic E-state index is 0.290. The van der Waals surface area contributed by atoms with Gasteiger partial charge in [-0.3, -0.25) is 0 Å². The summed E-state index contributed by atoms with van der Waals surface area (Å²) in [5.74, 6) is 0. The van der Waals surface area contributed by atoms with E-state index in [4.69, 9.17) is 7.85 Å². The van der Waals surface area contributed by atoms with Crippen LogP contribution in [0.3, 0.4) is 0 Å². The Bertz CT molecular complexity index is 40.2. The van der Waals surface area contributed by atoms with E-state index in [-0.39, 0.29) is 3.72 Å². The summed E-state index contributed by atoms with van der Waals surface area (Å²) in [4.78, 5) is 4.56. The van der Waals surface area contributed by atoms with Crippen LogP contribution in [0, 0.1) is 0 Å².